The Hall–Kier alpha value is -1.24. The van der Waals surface area contributed by atoms with Crippen LogP contribution in [0.15, 0.2) is 17.8 Å². The van der Waals surface area contributed by atoms with Crippen molar-refractivity contribution in [2.75, 3.05) is 13.6 Å². The number of thiazole rings is 1. The van der Waals surface area contributed by atoms with Gasteiger partial charge in [0.25, 0.3) is 0 Å². The molecule has 0 radical (unpaired) electrons. The number of aryl methyl sites for hydroxylation is 2. The first-order chi connectivity index (χ1) is 8.54. The molecule has 2 N–H and O–H groups in total. The van der Waals surface area contributed by atoms with E-state index in [1.807, 2.05) is 26.4 Å². The summed E-state index contributed by atoms with van der Waals surface area (Å²) in [6, 6.07) is -0.0107. The maximum absolute atomic E-state index is 6.16. The van der Waals surface area contributed by atoms with E-state index < -0.39 is 0 Å². The summed E-state index contributed by atoms with van der Waals surface area (Å²) in [6.45, 7) is 3.65. The lowest BCUT2D eigenvalue weighted by molar-refractivity contribution is 0.302. The van der Waals surface area contributed by atoms with Crippen LogP contribution in [0.2, 0.25) is 0 Å². The third-order valence-corrected chi connectivity index (χ3v) is 3.58. The van der Waals surface area contributed by atoms with Crippen LogP contribution in [0.25, 0.3) is 0 Å². The van der Waals surface area contributed by atoms with Gasteiger partial charge in [0.2, 0.25) is 0 Å². The fraction of sp³-hybridized carbons (Fsp3) is 0.500. The number of hydrogen-bond donors (Lipinski definition) is 1. The van der Waals surface area contributed by atoms with E-state index in [-0.39, 0.29) is 6.04 Å². The van der Waals surface area contributed by atoms with Crippen molar-refractivity contribution < 1.29 is 0 Å². The van der Waals surface area contributed by atoms with Gasteiger partial charge < -0.3 is 5.73 Å². The predicted molar refractivity (Wildman–Crippen MR) is 73.3 cm³/mol. The van der Waals surface area contributed by atoms with Gasteiger partial charge in [-0.1, -0.05) is 0 Å². The fourth-order valence-corrected chi connectivity index (χ4v) is 2.50. The average molecular weight is 265 g/mol. The van der Waals surface area contributed by atoms with E-state index in [4.69, 9.17) is 5.73 Å². The summed E-state index contributed by atoms with van der Waals surface area (Å²) < 4.78 is 1.78. The molecule has 5 nitrogen and oxygen atoms in total. The highest BCUT2D eigenvalue weighted by Crippen LogP contribution is 2.13. The Bertz CT molecular complexity index is 504. The van der Waals surface area contributed by atoms with Gasteiger partial charge in [-0.25, -0.2) is 4.98 Å². The molecular formula is C12H19N5S. The lowest BCUT2D eigenvalue weighted by atomic mass is 10.1. The molecule has 2 aromatic rings. The van der Waals surface area contributed by atoms with E-state index in [1.165, 1.54) is 0 Å². The molecule has 0 aliphatic rings. The third kappa shape index (κ3) is 3.38. The first-order valence-electron chi connectivity index (χ1n) is 5.88. The minimum atomic E-state index is -0.0107. The molecular weight excluding hydrogens is 246 g/mol. The van der Waals surface area contributed by atoms with Gasteiger partial charge in [-0.3, -0.25) is 9.58 Å². The van der Waals surface area contributed by atoms with Gasteiger partial charge in [-0.2, -0.15) is 5.10 Å². The Balaban J connectivity index is 1.89. The van der Waals surface area contributed by atoms with Crippen molar-refractivity contribution in [2.24, 2.45) is 12.8 Å². The van der Waals surface area contributed by atoms with E-state index in [0.717, 1.165) is 29.4 Å². The van der Waals surface area contributed by atoms with Crippen LogP contribution in [0.3, 0.4) is 0 Å². The molecule has 0 saturated heterocycles. The highest BCUT2D eigenvalue weighted by molar-refractivity contribution is 7.09. The summed E-state index contributed by atoms with van der Waals surface area (Å²) >= 11 is 1.68. The molecule has 18 heavy (non-hydrogen) atoms. The van der Waals surface area contributed by atoms with Crippen molar-refractivity contribution in [3.63, 3.8) is 0 Å². The number of likely N-dealkylation sites (N-methyl/N-ethyl adjacent to an activating group) is 1. The smallest absolute Gasteiger partial charge is 0.0897 e. The molecule has 0 aliphatic heterocycles. The first-order valence-corrected chi connectivity index (χ1v) is 6.76. The number of nitrogens with two attached hydrogens (primary N) is 1. The second-order valence-electron chi connectivity index (χ2n) is 4.61. The van der Waals surface area contributed by atoms with Gasteiger partial charge in [0.1, 0.15) is 0 Å². The summed E-state index contributed by atoms with van der Waals surface area (Å²) in [5.41, 5.74) is 8.33. The summed E-state index contributed by atoms with van der Waals surface area (Å²) in [5, 5.41) is 7.34. The molecule has 0 spiro atoms. The van der Waals surface area contributed by atoms with Crippen molar-refractivity contribution in [1.82, 2.24) is 19.7 Å². The maximum atomic E-state index is 6.16. The lowest BCUT2D eigenvalue weighted by Gasteiger charge is -2.19. The van der Waals surface area contributed by atoms with Gasteiger partial charge in [-0.05, 0) is 14.0 Å². The zero-order valence-corrected chi connectivity index (χ0v) is 11.8. The molecule has 6 heteroatoms. The predicted octanol–water partition coefficient (Wildman–Crippen LogP) is 1.32. The van der Waals surface area contributed by atoms with E-state index in [9.17, 15) is 0 Å². The third-order valence-electron chi connectivity index (χ3n) is 2.76. The van der Waals surface area contributed by atoms with Crippen molar-refractivity contribution >= 4 is 11.3 Å². The van der Waals surface area contributed by atoms with Crippen LogP contribution in [0, 0.1) is 6.92 Å². The summed E-state index contributed by atoms with van der Waals surface area (Å²) in [7, 11) is 3.96. The number of nitrogens with zero attached hydrogens (tertiary/aromatic N) is 4. The number of aromatic nitrogens is 3. The van der Waals surface area contributed by atoms with Gasteiger partial charge in [0.05, 0.1) is 16.9 Å². The molecule has 1 unspecified atom stereocenters. The molecule has 0 bridgehead atoms. The second kappa shape index (κ2) is 5.60. The minimum Gasteiger partial charge on any atom is -0.323 e. The fourth-order valence-electron chi connectivity index (χ4n) is 1.89. The van der Waals surface area contributed by atoms with E-state index >= 15 is 0 Å². The molecule has 0 saturated carbocycles. The second-order valence-corrected chi connectivity index (χ2v) is 5.67. The van der Waals surface area contributed by atoms with E-state index in [2.05, 4.69) is 27.4 Å². The van der Waals surface area contributed by atoms with Gasteiger partial charge >= 0.3 is 0 Å². The Labute approximate surface area is 111 Å². The first kappa shape index (κ1) is 13.2. The zero-order valence-electron chi connectivity index (χ0n) is 11.0. The minimum absolute atomic E-state index is 0.0107. The SMILES string of the molecule is Cc1nc(CN(C)CC(N)c2cnn(C)c2)cs1. The Morgan fingerprint density at radius 2 is 2.33 bits per heavy atom. The van der Waals surface area contributed by atoms with Gasteiger partial charge in [0, 0.05) is 43.3 Å². The van der Waals surface area contributed by atoms with Crippen molar-refractivity contribution in [2.45, 2.75) is 19.5 Å². The quantitative estimate of drug-likeness (QED) is 0.885. The molecule has 0 aliphatic carbocycles. The Morgan fingerprint density at radius 1 is 1.56 bits per heavy atom. The highest BCUT2D eigenvalue weighted by Gasteiger charge is 2.12. The maximum Gasteiger partial charge on any atom is 0.0897 e. The van der Waals surface area contributed by atoms with Gasteiger partial charge in [0.15, 0.2) is 0 Å². The van der Waals surface area contributed by atoms with Crippen LogP contribution in [-0.2, 0) is 13.6 Å². The van der Waals surface area contributed by atoms with Crippen LogP contribution in [0.1, 0.15) is 22.3 Å². The summed E-state index contributed by atoms with van der Waals surface area (Å²) in [4.78, 5) is 6.64. The van der Waals surface area contributed by atoms with Crippen LogP contribution in [-0.4, -0.2) is 33.3 Å². The van der Waals surface area contributed by atoms with Crippen LogP contribution in [0.4, 0.5) is 0 Å². The Morgan fingerprint density at radius 3 is 2.89 bits per heavy atom. The van der Waals surface area contributed by atoms with Crippen molar-refractivity contribution in [3.05, 3.63) is 34.0 Å². The standard InChI is InChI=1S/C12H19N5S/c1-9-15-11(8-18-9)6-16(2)7-12(13)10-4-14-17(3)5-10/h4-5,8,12H,6-7,13H2,1-3H3. The monoisotopic (exact) mass is 265 g/mol. The molecule has 2 heterocycles. The normalized spacial score (nSPS) is 13.2. The topological polar surface area (TPSA) is 60.0 Å². The summed E-state index contributed by atoms with van der Waals surface area (Å²) in [5.74, 6) is 0. The molecule has 98 valence electrons. The number of hydrogen-bond acceptors (Lipinski definition) is 5. The molecule has 2 aromatic heterocycles. The van der Waals surface area contributed by atoms with Crippen molar-refractivity contribution in [3.8, 4) is 0 Å². The zero-order chi connectivity index (χ0) is 13.1. The summed E-state index contributed by atoms with van der Waals surface area (Å²) in [6.07, 6.45) is 3.79. The van der Waals surface area contributed by atoms with Crippen LogP contribution in [0.5, 0.6) is 0 Å². The molecule has 2 rings (SSSR count). The molecule has 0 aromatic carbocycles. The van der Waals surface area contributed by atoms with Crippen LogP contribution < -0.4 is 5.73 Å². The van der Waals surface area contributed by atoms with E-state index in [0.29, 0.717) is 0 Å². The lowest BCUT2D eigenvalue weighted by Crippen LogP contribution is -2.28. The number of rotatable bonds is 5. The van der Waals surface area contributed by atoms with Crippen LogP contribution >= 0.6 is 11.3 Å². The average Bonchev–Trinajstić information content (AvgIpc) is 2.87. The Kier molecular flexibility index (Phi) is 4.11. The van der Waals surface area contributed by atoms with E-state index in [1.54, 1.807) is 16.0 Å². The largest absolute Gasteiger partial charge is 0.323 e. The molecule has 0 amide bonds. The highest BCUT2D eigenvalue weighted by atomic mass is 32.1. The van der Waals surface area contributed by atoms with Gasteiger partial charge in [-0.15, -0.1) is 11.3 Å². The van der Waals surface area contributed by atoms with Crippen molar-refractivity contribution in [1.29, 1.82) is 0 Å². The molecule has 0 fully saturated rings. The molecule has 1 atom stereocenters.